The number of rotatable bonds is 4. The van der Waals surface area contributed by atoms with Crippen molar-refractivity contribution in [1.29, 1.82) is 0 Å². The van der Waals surface area contributed by atoms with Crippen molar-refractivity contribution in [2.45, 2.75) is 13.8 Å². The topological polar surface area (TPSA) is 117 Å². The van der Waals surface area contributed by atoms with Crippen LogP contribution in [0.3, 0.4) is 0 Å². The Morgan fingerprint density at radius 1 is 0.562 bits per heavy atom. The van der Waals surface area contributed by atoms with Crippen LogP contribution >= 0.6 is 0 Å². The van der Waals surface area contributed by atoms with Crippen LogP contribution in [0.2, 0.25) is 0 Å². The molecule has 8 heteroatoms. The van der Waals surface area contributed by atoms with Crippen molar-refractivity contribution in [3.63, 3.8) is 0 Å². The second-order valence-corrected chi connectivity index (χ2v) is 8.48. The van der Waals surface area contributed by atoms with Crippen molar-refractivity contribution in [2.75, 3.05) is 98.2 Å². The van der Waals surface area contributed by atoms with Gasteiger partial charge in [-0.1, -0.05) is 13.8 Å². The summed E-state index contributed by atoms with van der Waals surface area (Å²) in [5.41, 5.74) is 28.6. The quantitative estimate of drug-likeness (QED) is 0.533. The molecule has 0 saturated carbocycles. The highest BCUT2D eigenvalue weighted by Crippen LogP contribution is 2.27. The third-order valence-electron chi connectivity index (χ3n) is 6.42. The number of nitrogens with two attached hydrogens (primary N) is 4. The Morgan fingerprint density at radius 2 is 0.906 bits per heavy atom. The zero-order chi connectivity index (χ0) is 23.1. The van der Waals surface area contributed by atoms with Crippen LogP contribution < -0.4 is 32.7 Å². The molecule has 0 radical (unpaired) electrons. The van der Waals surface area contributed by atoms with Crippen LogP contribution in [0.4, 0.5) is 34.1 Å². The molecule has 2 saturated heterocycles. The summed E-state index contributed by atoms with van der Waals surface area (Å²) in [6.07, 6.45) is 0. The van der Waals surface area contributed by atoms with Gasteiger partial charge >= 0.3 is 0 Å². The summed E-state index contributed by atoms with van der Waals surface area (Å²) in [5.74, 6) is 0. The first-order valence-electron chi connectivity index (χ1n) is 11.7. The van der Waals surface area contributed by atoms with Crippen LogP contribution in [0.25, 0.3) is 0 Å². The molecule has 32 heavy (non-hydrogen) atoms. The van der Waals surface area contributed by atoms with Gasteiger partial charge in [-0.3, -0.25) is 0 Å². The van der Waals surface area contributed by atoms with Crippen LogP contribution in [-0.4, -0.2) is 75.2 Å². The molecule has 0 amide bonds. The summed E-state index contributed by atoms with van der Waals surface area (Å²) < 4.78 is 0. The number of likely N-dealkylation sites (N-methyl/N-ethyl adjacent to an activating group) is 2. The van der Waals surface area contributed by atoms with Gasteiger partial charge in [0.1, 0.15) is 0 Å². The van der Waals surface area contributed by atoms with Crippen LogP contribution in [0.5, 0.6) is 0 Å². The minimum atomic E-state index is 0.730. The van der Waals surface area contributed by atoms with E-state index < -0.39 is 0 Å². The minimum Gasteiger partial charge on any atom is -0.399 e. The van der Waals surface area contributed by atoms with Crippen LogP contribution in [-0.2, 0) is 0 Å². The summed E-state index contributed by atoms with van der Waals surface area (Å²) in [4.78, 5) is 9.57. The fraction of sp³-hybridized carbons (Fsp3) is 0.500. The van der Waals surface area contributed by atoms with Crippen molar-refractivity contribution in [1.82, 2.24) is 9.80 Å². The maximum absolute atomic E-state index is 5.98. The Labute approximate surface area is 192 Å². The van der Waals surface area contributed by atoms with E-state index in [2.05, 4.69) is 33.4 Å². The largest absolute Gasteiger partial charge is 0.399 e. The number of nitrogen functional groups attached to an aromatic ring is 4. The molecule has 0 atom stereocenters. The maximum Gasteiger partial charge on any atom is 0.0602 e. The van der Waals surface area contributed by atoms with Gasteiger partial charge in [0.15, 0.2) is 0 Å². The fourth-order valence-corrected chi connectivity index (χ4v) is 4.33. The Kier molecular flexibility index (Phi) is 8.30. The third-order valence-corrected chi connectivity index (χ3v) is 6.42. The molecule has 2 aromatic carbocycles. The standard InChI is InChI=1S/2C12H20N4/c2*1-2-15-5-7-16(8-6-15)12-4-3-10(13)9-11(12)14/h2*3-4,9H,2,5-8,13-14H2,1H3. The van der Waals surface area contributed by atoms with E-state index in [-0.39, 0.29) is 0 Å². The summed E-state index contributed by atoms with van der Waals surface area (Å²) in [6, 6.07) is 11.5. The molecule has 0 spiro atoms. The molecular weight excluding hydrogens is 400 g/mol. The molecule has 2 aromatic rings. The predicted octanol–water partition coefficient (Wildman–Crippen LogP) is 1.99. The lowest BCUT2D eigenvalue weighted by atomic mass is 10.2. The third kappa shape index (κ3) is 6.11. The molecule has 8 N–H and O–H groups in total. The first-order chi connectivity index (χ1) is 15.4. The van der Waals surface area contributed by atoms with E-state index in [1.54, 1.807) is 0 Å². The van der Waals surface area contributed by atoms with Gasteiger partial charge in [-0.05, 0) is 49.5 Å². The molecule has 2 fully saturated rings. The number of anilines is 6. The summed E-state index contributed by atoms with van der Waals surface area (Å²) in [5, 5.41) is 0. The lowest BCUT2D eigenvalue weighted by molar-refractivity contribution is 0.271. The smallest absolute Gasteiger partial charge is 0.0602 e. The SMILES string of the molecule is CCN1CCN(c2ccc(N)cc2N)CC1.CCN1CCN(c2ccc(N)cc2N)CC1. The van der Waals surface area contributed by atoms with E-state index in [1.165, 1.54) is 0 Å². The highest BCUT2D eigenvalue weighted by atomic mass is 15.3. The van der Waals surface area contributed by atoms with Crippen molar-refractivity contribution in [3.8, 4) is 0 Å². The number of benzene rings is 2. The number of nitrogens with zero attached hydrogens (tertiary/aromatic N) is 4. The second kappa shape index (κ2) is 11.2. The maximum atomic E-state index is 5.98. The van der Waals surface area contributed by atoms with Gasteiger partial charge in [-0.2, -0.15) is 0 Å². The van der Waals surface area contributed by atoms with Gasteiger partial charge in [0.25, 0.3) is 0 Å². The first-order valence-corrected chi connectivity index (χ1v) is 11.7. The summed E-state index contributed by atoms with van der Waals surface area (Å²) >= 11 is 0. The van der Waals surface area contributed by atoms with Crippen LogP contribution in [0.1, 0.15) is 13.8 Å². The highest BCUT2D eigenvalue weighted by molar-refractivity contribution is 5.72. The molecule has 2 heterocycles. The van der Waals surface area contributed by atoms with E-state index in [0.29, 0.717) is 0 Å². The first kappa shape index (κ1) is 23.8. The molecule has 0 aromatic heterocycles. The Bertz CT molecular complexity index is 784. The van der Waals surface area contributed by atoms with E-state index in [9.17, 15) is 0 Å². The monoisotopic (exact) mass is 440 g/mol. The molecule has 176 valence electrons. The fourth-order valence-electron chi connectivity index (χ4n) is 4.33. The molecule has 8 nitrogen and oxygen atoms in total. The van der Waals surface area contributed by atoms with Gasteiger partial charge in [-0.25, -0.2) is 0 Å². The summed E-state index contributed by atoms with van der Waals surface area (Å²) in [6.45, 7) is 15.3. The van der Waals surface area contributed by atoms with Gasteiger partial charge in [-0.15, -0.1) is 0 Å². The Balaban J connectivity index is 0.000000181. The average Bonchev–Trinajstić information content (AvgIpc) is 2.80. The van der Waals surface area contributed by atoms with E-state index in [1.807, 2.05) is 36.4 Å². The Hall–Kier alpha value is -2.84. The van der Waals surface area contributed by atoms with Crippen molar-refractivity contribution in [2.24, 2.45) is 0 Å². The second-order valence-electron chi connectivity index (χ2n) is 8.48. The van der Waals surface area contributed by atoms with Gasteiger partial charge < -0.3 is 42.5 Å². The van der Waals surface area contributed by atoms with E-state index in [4.69, 9.17) is 22.9 Å². The predicted molar refractivity (Wildman–Crippen MR) is 139 cm³/mol. The van der Waals surface area contributed by atoms with Crippen molar-refractivity contribution >= 4 is 34.1 Å². The van der Waals surface area contributed by atoms with E-state index in [0.717, 1.165) is 99.6 Å². The molecule has 0 unspecified atom stereocenters. The Morgan fingerprint density at radius 3 is 1.19 bits per heavy atom. The van der Waals surface area contributed by atoms with Crippen molar-refractivity contribution < 1.29 is 0 Å². The zero-order valence-corrected chi connectivity index (χ0v) is 19.6. The average molecular weight is 441 g/mol. The summed E-state index contributed by atoms with van der Waals surface area (Å²) in [7, 11) is 0. The van der Waals surface area contributed by atoms with E-state index >= 15 is 0 Å². The van der Waals surface area contributed by atoms with Crippen LogP contribution in [0.15, 0.2) is 36.4 Å². The molecule has 0 aliphatic carbocycles. The minimum absolute atomic E-state index is 0.730. The van der Waals surface area contributed by atoms with Crippen molar-refractivity contribution in [3.05, 3.63) is 36.4 Å². The zero-order valence-electron chi connectivity index (χ0n) is 19.6. The number of piperazine rings is 2. The highest BCUT2D eigenvalue weighted by Gasteiger charge is 2.18. The lowest BCUT2D eigenvalue weighted by Crippen LogP contribution is -2.46. The van der Waals surface area contributed by atoms with Gasteiger partial charge in [0.2, 0.25) is 0 Å². The molecular formula is C24H40N8. The van der Waals surface area contributed by atoms with Gasteiger partial charge in [0.05, 0.1) is 22.7 Å². The molecule has 2 aliphatic rings. The lowest BCUT2D eigenvalue weighted by Gasteiger charge is -2.36. The molecule has 2 aliphatic heterocycles. The number of hydrogen-bond donors (Lipinski definition) is 4. The molecule has 4 rings (SSSR count). The van der Waals surface area contributed by atoms with Gasteiger partial charge in [0, 0.05) is 63.7 Å². The normalized spacial score (nSPS) is 17.7. The molecule has 0 bridgehead atoms. The van der Waals surface area contributed by atoms with Crippen LogP contribution in [0, 0.1) is 0 Å². The number of hydrogen-bond acceptors (Lipinski definition) is 8.